The number of benzene rings is 3. The number of nitrogens with zero attached hydrogens (tertiary/aromatic N) is 1. The van der Waals surface area contributed by atoms with Crippen molar-refractivity contribution in [3.05, 3.63) is 106 Å². The summed E-state index contributed by atoms with van der Waals surface area (Å²) in [7, 11) is 0. The fourth-order valence-electron chi connectivity index (χ4n) is 3.28. The lowest BCUT2D eigenvalue weighted by Crippen LogP contribution is -2.32. The van der Waals surface area contributed by atoms with Crippen LogP contribution in [-0.2, 0) is 16.1 Å². The zero-order valence-electron chi connectivity index (χ0n) is 16.9. The highest BCUT2D eigenvalue weighted by Crippen LogP contribution is 2.36. The molecule has 1 aliphatic rings. The van der Waals surface area contributed by atoms with E-state index in [2.05, 4.69) is 5.32 Å². The Hall–Kier alpha value is -3.31. The molecule has 0 saturated carbocycles. The molecular weight excluding hydrogens is 392 g/mol. The van der Waals surface area contributed by atoms with Crippen LogP contribution in [0.5, 0.6) is 0 Å². The summed E-state index contributed by atoms with van der Waals surface area (Å²) in [6, 6.07) is 25.2. The standard InChI is InChI=1S/C25H22N2O2S/c1-17-13-14-18(2)21(15-17)26-22-23(30-20-11-7-4-8-12-20)25(29)27(24(22)28)16-19-9-5-3-6-10-19/h3-15,26H,16H2,1-2H3. The zero-order chi connectivity index (χ0) is 21.1. The average Bonchev–Trinajstić information content (AvgIpc) is 2.97. The summed E-state index contributed by atoms with van der Waals surface area (Å²) >= 11 is 1.32. The van der Waals surface area contributed by atoms with Gasteiger partial charge in [0.2, 0.25) is 0 Å². The molecule has 0 bridgehead atoms. The Labute approximate surface area is 180 Å². The highest BCUT2D eigenvalue weighted by molar-refractivity contribution is 8.04. The van der Waals surface area contributed by atoms with Crippen LogP contribution >= 0.6 is 11.8 Å². The van der Waals surface area contributed by atoms with E-state index in [1.807, 2.05) is 92.7 Å². The molecule has 3 aromatic rings. The summed E-state index contributed by atoms with van der Waals surface area (Å²) < 4.78 is 0. The first-order valence-corrected chi connectivity index (χ1v) is 10.6. The fourth-order valence-corrected chi connectivity index (χ4v) is 4.25. The van der Waals surface area contributed by atoms with Gasteiger partial charge >= 0.3 is 0 Å². The smallest absolute Gasteiger partial charge is 0.278 e. The van der Waals surface area contributed by atoms with Crippen molar-refractivity contribution < 1.29 is 9.59 Å². The summed E-state index contributed by atoms with van der Waals surface area (Å²) in [6.07, 6.45) is 0. The number of rotatable bonds is 6. The fraction of sp³-hybridized carbons (Fsp3) is 0.120. The molecule has 1 heterocycles. The van der Waals surface area contributed by atoms with Crippen LogP contribution < -0.4 is 5.32 Å². The highest BCUT2D eigenvalue weighted by Gasteiger charge is 2.39. The normalized spacial score (nSPS) is 13.9. The van der Waals surface area contributed by atoms with Crippen LogP contribution in [0.4, 0.5) is 5.69 Å². The molecule has 0 radical (unpaired) electrons. The molecule has 0 atom stereocenters. The van der Waals surface area contributed by atoms with Gasteiger partial charge in [-0.25, -0.2) is 0 Å². The third-order valence-electron chi connectivity index (χ3n) is 4.92. The molecule has 4 nitrogen and oxygen atoms in total. The number of imide groups is 1. The molecule has 0 unspecified atom stereocenters. The molecule has 5 heteroatoms. The SMILES string of the molecule is Cc1ccc(C)c(NC2=C(Sc3ccccc3)C(=O)N(Cc3ccccc3)C2=O)c1. The van der Waals surface area contributed by atoms with Crippen molar-refractivity contribution in [3.8, 4) is 0 Å². The molecule has 4 rings (SSSR count). The molecular formula is C25H22N2O2S. The zero-order valence-corrected chi connectivity index (χ0v) is 17.7. The second-order valence-electron chi connectivity index (χ2n) is 7.24. The first kappa shape index (κ1) is 20.0. The highest BCUT2D eigenvalue weighted by atomic mass is 32.2. The van der Waals surface area contributed by atoms with Crippen molar-refractivity contribution in [2.45, 2.75) is 25.3 Å². The van der Waals surface area contributed by atoms with Gasteiger partial charge in [0.1, 0.15) is 10.6 Å². The Morgan fingerprint density at radius 2 is 1.50 bits per heavy atom. The van der Waals surface area contributed by atoms with Crippen molar-refractivity contribution in [1.29, 1.82) is 0 Å². The second kappa shape index (κ2) is 8.59. The van der Waals surface area contributed by atoms with Gasteiger partial charge in [-0.15, -0.1) is 0 Å². The maximum atomic E-state index is 13.3. The molecule has 0 aromatic heterocycles. The maximum Gasteiger partial charge on any atom is 0.278 e. The van der Waals surface area contributed by atoms with Crippen molar-refractivity contribution in [3.63, 3.8) is 0 Å². The largest absolute Gasteiger partial charge is 0.350 e. The number of amides is 2. The van der Waals surface area contributed by atoms with E-state index >= 15 is 0 Å². The number of carbonyl (C=O) groups is 2. The van der Waals surface area contributed by atoms with E-state index < -0.39 is 0 Å². The van der Waals surface area contributed by atoms with Gasteiger partial charge in [-0.3, -0.25) is 14.5 Å². The van der Waals surface area contributed by atoms with Gasteiger partial charge in [0.25, 0.3) is 11.8 Å². The first-order valence-electron chi connectivity index (χ1n) is 9.74. The summed E-state index contributed by atoms with van der Waals surface area (Å²) in [6.45, 7) is 4.23. The van der Waals surface area contributed by atoms with E-state index in [0.29, 0.717) is 10.6 Å². The van der Waals surface area contributed by atoms with E-state index in [1.54, 1.807) is 0 Å². The minimum Gasteiger partial charge on any atom is -0.350 e. The Morgan fingerprint density at radius 1 is 0.833 bits per heavy atom. The summed E-state index contributed by atoms with van der Waals surface area (Å²) in [5, 5.41) is 3.26. The first-order chi connectivity index (χ1) is 14.5. The number of nitrogens with one attached hydrogen (secondary N) is 1. The van der Waals surface area contributed by atoms with E-state index in [9.17, 15) is 9.59 Å². The van der Waals surface area contributed by atoms with Gasteiger partial charge in [0.15, 0.2) is 0 Å². The van der Waals surface area contributed by atoms with Gasteiger partial charge in [-0.1, -0.05) is 72.4 Å². The molecule has 0 aliphatic carbocycles. The number of hydrogen-bond acceptors (Lipinski definition) is 4. The third kappa shape index (κ3) is 4.16. The Morgan fingerprint density at radius 3 is 2.20 bits per heavy atom. The van der Waals surface area contributed by atoms with Gasteiger partial charge < -0.3 is 5.32 Å². The predicted molar refractivity (Wildman–Crippen MR) is 121 cm³/mol. The Balaban J connectivity index is 1.70. The average molecular weight is 415 g/mol. The van der Waals surface area contributed by atoms with Crippen LogP contribution in [0.2, 0.25) is 0 Å². The number of hydrogen-bond donors (Lipinski definition) is 1. The number of aryl methyl sites for hydroxylation is 2. The van der Waals surface area contributed by atoms with Gasteiger partial charge in [0, 0.05) is 10.6 Å². The lowest BCUT2D eigenvalue weighted by Gasteiger charge is -2.16. The topological polar surface area (TPSA) is 49.4 Å². The van der Waals surface area contributed by atoms with Crippen LogP contribution in [-0.4, -0.2) is 16.7 Å². The van der Waals surface area contributed by atoms with E-state index in [1.165, 1.54) is 16.7 Å². The number of anilines is 1. The van der Waals surface area contributed by atoms with Crippen LogP contribution in [0.1, 0.15) is 16.7 Å². The van der Waals surface area contributed by atoms with Crippen LogP contribution in [0.15, 0.2) is 94.4 Å². The molecule has 0 fully saturated rings. The lowest BCUT2D eigenvalue weighted by atomic mass is 10.1. The minimum absolute atomic E-state index is 0.245. The van der Waals surface area contributed by atoms with Crippen molar-refractivity contribution >= 4 is 29.3 Å². The molecule has 3 aromatic carbocycles. The molecule has 30 heavy (non-hydrogen) atoms. The van der Waals surface area contributed by atoms with Crippen molar-refractivity contribution in [1.82, 2.24) is 4.90 Å². The molecule has 2 amide bonds. The van der Waals surface area contributed by atoms with Gasteiger partial charge in [0.05, 0.1) is 6.54 Å². The monoisotopic (exact) mass is 414 g/mol. The van der Waals surface area contributed by atoms with Gasteiger partial charge in [-0.05, 0) is 48.7 Å². The molecule has 1 N–H and O–H groups in total. The number of thioether (sulfide) groups is 1. The van der Waals surface area contributed by atoms with Crippen molar-refractivity contribution in [2.75, 3.05) is 5.32 Å². The molecule has 150 valence electrons. The molecule has 0 saturated heterocycles. The third-order valence-corrected chi connectivity index (χ3v) is 6.02. The van der Waals surface area contributed by atoms with E-state index in [4.69, 9.17) is 0 Å². The quantitative estimate of drug-likeness (QED) is 0.557. The lowest BCUT2D eigenvalue weighted by molar-refractivity contribution is -0.137. The second-order valence-corrected chi connectivity index (χ2v) is 8.33. The molecule has 0 spiro atoms. The number of carbonyl (C=O) groups excluding carboxylic acids is 2. The van der Waals surface area contributed by atoms with Crippen LogP contribution in [0.3, 0.4) is 0 Å². The predicted octanol–water partition coefficient (Wildman–Crippen LogP) is 5.29. The van der Waals surface area contributed by atoms with Crippen molar-refractivity contribution in [2.24, 2.45) is 0 Å². The summed E-state index contributed by atoms with van der Waals surface area (Å²) in [5.74, 6) is -0.575. The van der Waals surface area contributed by atoms with Crippen LogP contribution in [0.25, 0.3) is 0 Å². The summed E-state index contributed by atoms with van der Waals surface area (Å²) in [4.78, 5) is 29.2. The molecule has 1 aliphatic heterocycles. The van der Waals surface area contributed by atoms with Crippen LogP contribution in [0, 0.1) is 13.8 Å². The maximum absolute atomic E-state index is 13.3. The minimum atomic E-state index is -0.303. The summed E-state index contributed by atoms with van der Waals surface area (Å²) in [5.41, 5.74) is 4.17. The van der Waals surface area contributed by atoms with Gasteiger partial charge in [-0.2, -0.15) is 0 Å². The Kier molecular flexibility index (Phi) is 5.72. The van der Waals surface area contributed by atoms with E-state index in [-0.39, 0.29) is 18.4 Å². The van der Waals surface area contributed by atoms with E-state index in [0.717, 1.165) is 27.3 Å². The Bertz CT molecular complexity index is 1120.